The Bertz CT molecular complexity index is 474. The third-order valence-electron chi connectivity index (χ3n) is 2.18. The summed E-state index contributed by atoms with van der Waals surface area (Å²) in [5.41, 5.74) is 0. The van der Waals surface area contributed by atoms with Gasteiger partial charge in [-0.3, -0.25) is 4.79 Å². The highest BCUT2D eigenvalue weighted by Gasteiger charge is 2.34. The molecule has 0 radical (unpaired) electrons. The molecule has 1 unspecified atom stereocenters. The van der Waals surface area contributed by atoms with Gasteiger partial charge in [-0.2, -0.15) is 26.3 Å². The van der Waals surface area contributed by atoms with Crippen LogP contribution in [0.1, 0.15) is 13.3 Å². The molecule has 1 aliphatic heterocycles. The van der Waals surface area contributed by atoms with Crippen molar-refractivity contribution in [1.82, 2.24) is 5.32 Å². The van der Waals surface area contributed by atoms with Crippen molar-refractivity contribution in [3.05, 3.63) is 25.3 Å². The van der Waals surface area contributed by atoms with Crippen LogP contribution >= 0.6 is 0 Å². The highest BCUT2D eigenvalue weighted by atomic mass is 19.4. The molecule has 0 spiro atoms. The van der Waals surface area contributed by atoms with Crippen LogP contribution in [-0.4, -0.2) is 56.0 Å². The average molecular weight is 429 g/mol. The van der Waals surface area contributed by atoms with Gasteiger partial charge in [0.2, 0.25) is 11.8 Å². The van der Waals surface area contributed by atoms with Crippen LogP contribution in [0.3, 0.4) is 0 Å². The van der Waals surface area contributed by atoms with E-state index in [2.05, 4.69) is 22.6 Å². The summed E-state index contributed by atoms with van der Waals surface area (Å²) < 4.78 is 99.8. The van der Waals surface area contributed by atoms with Crippen LogP contribution < -0.4 is 5.32 Å². The van der Waals surface area contributed by atoms with Crippen LogP contribution in [0.5, 0.6) is 0 Å². The van der Waals surface area contributed by atoms with Gasteiger partial charge >= 0.3 is 18.3 Å². The van der Waals surface area contributed by atoms with Crippen molar-refractivity contribution >= 4 is 11.9 Å². The molecule has 5 nitrogen and oxygen atoms in total. The first-order chi connectivity index (χ1) is 12.5. The number of carbonyl (C=O) groups excluding carboxylic acids is 2. The van der Waals surface area contributed by atoms with E-state index in [0.717, 1.165) is 13.0 Å². The Kier molecular flexibility index (Phi) is 12.3. The number of esters is 1. The Balaban J connectivity index is 0. The highest BCUT2D eigenvalue weighted by molar-refractivity contribution is 5.86. The Hall–Kier alpha value is -2.18. The van der Waals surface area contributed by atoms with Crippen molar-refractivity contribution < 1.29 is 54.2 Å². The molecular formula is C15H19F8NO4. The monoisotopic (exact) mass is 429 g/mol. The summed E-state index contributed by atoms with van der Waals surface area (Å²) in [6, 6.07) is 0. The van der Waals surface area contributed by atoms with E-state index >= 15 is 0 Å². The number of ether oxygens (including phenoxy) is 2. The van der Waals surface area contributed by atoms with Crippen LogP contribution in [0.25, 0.3) is 0 Å². The Morgan fingerprint density at radius 2 is 1.57 bits per heavy atom. The normalized spacial score (nSPS) is 15.7. The molecule has 1 aliphatic rings. The van der Waals surface area contributed by atoms with E-state index in [1.54, 1.807) is 5.32 Å². The molecule has 1 amide bonds. The molecule has 164 valence electrons. The lowest BCUT2D eigenvalue weighted by atomic mass is 10.2. The largest absolute Gasteiger partial charge is 0.453 e. The van der Waals surface area contributed by atoms with Crippen molar-refractivity contribution in [1.29, 1.82) is 0 Å². The lowest BCUT2D eigenvalue weighted by Gasteiger charge is -2.05. The van der Waals surface area contributed by atoms with Gasteiger partial charge in [0.05, 0.1) is 12.7 Å². The second-order valence-corrected chi connectivity index (χ2v) is 5.19. The molecule has 13 heteroatoms. The number of halogens is 8. The number of alkyl halides is 8. The van der Waals surface area contributed by atoms with Crippen LogP contribution in [0.4, 0.5) is 35.1 Å². The van der Waals surface area contributed by atoms with Crippen LogP contribution in [0.15, 0.2) is 25.3 Å². The maximum absolute atomic E-state index is 11.9. The predicted molar refractivity (Wildman–Crippen MR) is 81.5 cm³/mol. The van der Waals surface area contributed by atoms with Gasteiger partial charge in [0.15, 0.2) is 6.61 Å². The standard InChI is InChI=1S/C5H6F3NO.C5H5F3O2.C5H8F2O/c1-2-4(10)9-3-5(6,7)8;1-2-4(9)10-3-5(6,7)8;1-5(6,7)2-4-3-8-4/h2H,1,3H2,(H,9,10);2H,1,3H2;4H,2-3H2,1H3. The van der Waals surface area contributed by atoms with Crippen molar-refractivity contribution in [2.75, 3.05) is 19.8 Å². The molecule has 1 rings (SSSR count). The summed E-state index contributed by atoms with van der Waals surface area (Å²) in [7, 11) is 0. The second-order valence-electron chi connectivity index (χ2n) is 5.19. The van der Waals surface area contributed by atoms with E-state index in [1.807, 2.05) is 0 Å². The number of amides is 1. The van der Waals surface area contributed by atoms with E-state index < -0.39 is 43.3 Å². The van der Waals surface area contributed by atoms with Crippen LogP contribution in [0, 0.1) is 0 Å². The van der Waals surface area contributed by atoms with Crippen molar-refractivity contribution in [2.45, 2.75) is 37.7 Å². The zero-order chi connectivity index (χ0) is 22.6. The molecule has 28 heavy (non-hydrogen) atoms. The summed E-state index contributed by atoms with van der Waals surface area (Å²) in [6.45, 7) is 4.46. The SMILES string of the molecule is C=CC(=O)NCC(F)(F)F.C=CC(=O)OCC(F)(F)F.CC(F)(F)CC1CO1. The van der Waals surface area contributed by atoms with Crippen molar-refractivity contribution in [2.24, 2.45) is 0 Å². The number of rotatable bonds is 6. The van der Waals surface area contributed by atoms with Gasteiger partial charge in [-0.1, -0.05) is 13.2 Å². The quantitative estimate of drug-likeness (QED) is 0.304. The molecule has 0 saturated carbocycles. The van der Waals surface area contributed by atoms with E-state index in [-0.39, 0.29) is 12.5 Å². The molecule has 0 aromatic heterocycles. The Labute approximate surface area is 155 Å². The van der Waals surface area contributed by atoms with Gasteiger partial charge in [-0.25, -0.2) is 13.6 Å². The summed E-state index contributed by atoms with van der Waals surface area (Å²) in [5.74, 6) is -4.43. The zero-order valence-corrected chi connectivity index (χ0v) is 14.6. The minimum atomic E-state index is -4.46. The lowest BCUT2D eigenvalue weighted by molar-refractivity contribution is -0.182. The van der Waals surface area contributed by atoms with Gasteiger partial charge in [-0.15, -0.1) is 0 Å². The Morgan fingerprint density at radius 3 is 1.82 bits per heavy atom. The van der Waals surface area contributed by atoms with Crippen molar-refractivity contribution in [3.8, 4) is 0 Å². The first-order valence-electron chi connectivity index (χ1n) is 7.31. The van der Waals surface area contributed by atoms with Gasteiger partial charge < -0.3 is 14.8 Å². The first-order valence-corrected chi connectivity index (χ1v) is 7.31. The lowest BCUT2D eigenvalue weighted by Crippen LogP contribution is -2.32. The van der Waals surface area contributed by atoms with Gasteiger partial charge in [0.25, 0.3) is 0 Å². The number of hydrogen-bond donors (Lipinski definition) is 1. The number of hydrogen-bond acceptors (Lipinski definition) is 4. The van der Waals surface area contributed by atoms with Gasteiger partial charge in [-0.05, 0) is 13.0 Å². The number of carbonyl (C=O) groups is 2. The smallest absolute Gasteiger partial charge is 0.422 e. The molecule has 0 aromatic carbocycles. The maximum Gasteiger partial charge on any atom is 0.422 e. The van der Waals surface area contributed by atoms with E-state index in [9.17, 15) is 44.7 Å². The molecule has 1 saturated heterocycles. The number of epoxide rings is 1. The second kappa shape index (κ2) is 12.3. The molecule has 1 atom stereocenters. The van der Waals surface area contributed by atoms with Crippen LogP contribution in [0.2, 0.25) is 0 Å². The molecule has 0 aromatic rings. The fraction of sp³-hybridized carbons (Fsp3) is 0.600. The summed E-state index contributed by atoms with van der Waals surface area (Å²) in [6.07, 6.45) is -7.63. The average Bonchev–Trinajstić information content (AvgIpc) is 3.32. The van der Waals surface area contributed by atoms with E-state index in [1.165, 1.54) is 0 Å². The molecule has 0 aliphatic carbocycles. The third kappa shape index (κ3) is 26.1. The van der Waals surface area contributed by atoms with E-state index in [0.29, 0.717) is 12.7 Å². The predicted octanol–water partition coefficient (Wildman–Crippen LogP) is 3.56. The van der Waals surface area contributed by atoms with Crippen LogP contribution in [-0.2, 0) is 19.1 Å². The van der Waals surface area contributed by atoms with E-state index in [4.69, 9.17) is 0 Å². The molecule has 0 bridgehead atoms. The maximum atomic E-state index is 11.9. The summed E-state index contributed by atoms with van der Waals surface area (Å²) in [4.78, 5) is 20.1. The molecule has 1 N–H and O–H groups in total. The summed E-state index contributed by atoms with van der Waals surface area (Å²) in [5, 5.41) is 1.59. The van der Waals surface area contributed by atoms with Gasteiger partial charge in [0.1, 0.15) is 6.54 Å². The fourth-order valence-corrected chi connectivity index (χ4v) is 1.06. The molecule has 1 fully saturated rings. The molecule has 1 heterocycles. The fourth-order valence-electron chi connectivity index (χ4n) is 1.06. The highest BCUT2D eigenvalue weighted by Crippen LogP contribution is 2.26. The number of nitrogens with one attached hydrogen (secondary N) is 1. The molecular weight excluding hydrogens is 410 g/mol. The Morgan fingerprint density at radius 1 is 1.07 bits per heavy atom. The first kappa shape index (κ1) is 28.0. The zero-order valence-electron chi connectivity index (χ0n) is 14.6. The van der Waals surface area contributed by atoms with Gasteiger partial charge in [0, 0.05) is 12.5 Å². The minimum Gasteiger partial charge on any atom is -0.453 e. The minimum absolute atomic E-state index is 0.118. The third-order valence-corrected chi connectivity index (χ3v) is 2.18. The topological polar surface area (TPSA) is 67.9 Å². The summed E-state index contributed by atoms with van der Waals surface area (Å²) >= 11 is 0. The van der Waals surface area contributed by atoms with Crippen molar-refractivity contribution in [3.63, 3.8) is 0 Å².